The molecule has 0 spiro atoms. The lowest BCUT2D eigenvalue weighted by atomic mass is 9.85. The average molecular weight is 294 g/mol. The van der Waals surface area contributed by atoms with Crippen molar-refractivity contribution in [3.05, 3.63) is 29.8 Å². The SMILES string of the molecule is FC(F)(F)Oc1ccc(CNCC2CC(Cl)C2)cc1. The van der Waals surface area contributed by atoms with Crippen LogP contribution in [0.3, 0.4) is 0 Å². The zero-order valence-corrected chi connectivity index (χ0v) is 11.0. The van der Waals surface area contributed by atoms with Crippen molar-refractivity contribution in [1.29, 1.82) is 0 Å². The molecule has 0 radical (unpaired) electrons. The molecule has 0 saturated heterocycles. The minimum atomic E-state index is -4.64. The van der Waals surface area contributed by atoms with Crippen molar-refractivity contribution in [2.24, 2.45) is 5.92 Å². The fraction of sp³-hybridized carbons (Fsp3) is 0.538. The molecule has 1 N–H and O–H groups in total. The lowest BCUT2D eigenvalue weighted by molar-refractivity contribution is -0.274. The predicted octanol–water partition coefficient (Wildman–Crippen LogP) is 3.69. The Hall–Kier alpha value is -0.940. The topological polar surface area (TPSA) is 21.3 Å². The van der Waals surface area contributed by atoms with Crippen molar-refractivity contribution >= 4 is 11.6 Å². The Morgan fingerprint density at radius 1 is 1.21 bits per heavy atom. The van der Waals surface area contributed by atoms with Crippen LogP contribution >= 0.6 is 11.6 Å². The van der Waals surface area contributed by atoms with Gasteiger partial charge >= 0.3 is 6.36 Å². The van der Waals surface area contributed by atoms with Gasteiger partial charge < -0.3 is 10.1 Å². The van der Waals surface area contributed by atoms with Gasteiger partial charge in [0.05, 0.1) is 0 Å². The summed E-state index contributed by atoms with van der Waals surface area (Å²) in [6, 6.07) is 5.89. The first-order valence-electron chi connectivity index (χ1n) is 6.12. The minimum absolute atomic E-state index is 0.194. The van der Waals surface area contributed by atoms with Crippen LogP contribution in [0.4, 0.5) is 13.2 Å². The third-order valence-electron chi connectivity index (χ3n) is 3.10. The third kappa shape index (κ3) is 4.91. The van der Waals surface area contributed by atoms with Gasteiger partial charge in [-0.05, 0) is 43.0 Å². The van der Waals surface area contributed by atoms with Gasteiger partial charge in [0.1, 0.15) is 5.75 Å². The Kier molecular flexibility index (Phi) is 4.58. The van der Waals surface area contributed by atoms with Crippen molar-refractivity contribution in [2.75, 3.05) is 6.54 Å². The molecule has 0 bridgehead atoms. The molecule has 1 aromatic rings. The number of rotatable bonds is 5. The largest absolute Gasteiger partial charge is 0.573 e. The maximum absolute atomic E-state index is 12.0. The number of nitrogens with one attached hydrogen (secondary N) is 1. The maximum atomic E-state index is 12.0. The van der Waals surface area contributed by atoms with Gasteiger partial charge in [-0.25, -0.2) is 0 Å². The van der Waals surface area contributed by atoms with Crippen LogP contribution in [0.2, 0.25) is 0 Å². The fourth-order valence-electron chi connectivity index (χ4n) is 2.05. The number of hydrogen-bond donors (Lipinski definition) is 1. The summed E-state index contributed by atoms with van der Waals surface area (Å²) in [5, 5.41) is 3.58. The molecular weight excluding hydrogens is 279 g/mol. The van der Waals surface area contributed by atoms with Gasteiger partial charge in [0.2, 0.25) is 0 Å². The normalized spacial score (nSPS) is 22.9. The van der Waals surface area contributed by atoms with E-state index < -0.39 is 6.36 Å². The summed E-state index contributed by atoms with van der Waals surface area (Å²) in [5.74, 6) is 0.426. The van der Waals surface area contributed by atoms with Crippen LogP contribution in [0.1, 0.15) is 18.4 Å². The monoisotopic (exact) mass is 293 g/mol. The Bertz CT molecular complexity index is 401. The highest BCUT2D eigenvalue weighted by Crippen LogP contribution is 2.31. The predicted molar refractivity (Wildman–Crippen MR) is 67.2 cm³/mol. The van der Waals surface area contributed by atoms with Crippen molar-refractivity contribution in [3.63, 3.8) is 0 Å². The molecule has 6 heteroatoms. The molecule has 1 fully saturated rings. The maximum Gasteiger partial charge on any atom is 0.573 e. The smallest absolute Gasteiger partial charge is 0.406 e. The highest BCUT2D eigenvalue weighted by atomic mass is 35.5. The molecule has 0 unspecified atom stereocenters. The quantitative estimate of drug-likeness (QED) is 0.836. The van der Waals surface area contributed by atoms with Crippen LogP contribution < -0.4 is 10.1 Å². The summed E-state index contributed by atoms with van der Waals surface area (Å²) in [4.78, 5) is 0. The Morgan fingerprint density at radius 3 is 2.37 bits per heavy atom. The van der Waals surface area contributed by atoms with Crippen molar-refractivity contribution in [1.82, 2.24) is 5.32 Å². The molecule has 0 amide bonds. The number of hydrogen-bond acceptors (Lipinski definition) is 2. The van der Waals surface area contributed by atoms with Gasteiger partial charge in [0.15, 0.2) is 0 Å². The van der Waals surface area contributed by atoms with Crippen LogP contribution in [-0.4, -0.2) is 18.3 Å². The number of benzene rings is 1. The Labute approximate surface area is 114 Å². The molecular formula is C13H15ClF3NO. The van der Waals surface area contributed by atoms with E-state index in [2.05, 4.69) is 10.1 Å². The second-order valence-electron chi connectivity index (χ2n) is 4.76. The summed E-state index contributed by atoms with van der Waals surface area (Å²) in [5.41, 5.74) is 0.927. The lowest BCUT2D eigenvalue weighted by Crippen LogP contribution is -2.33. The molecule has 2 nitrogen and oxygen atoms in total. The van der Waals surface area contributed by atoms with Gasteiger partial charge in [0, 0.05) is 11.9 Å². The van der Waals surface area contributed by atoms with E-state index in [1.165, 1.54) is 12.1 Å². The van der Waals surface area contributed by atoms with Crippen LogP contribution in [0.5, 0.6) is 5.75 Å². The Balaban J connectivity index is 1.72. The molecule has 0 heterocycles. The zero-order valence-electron chi connectivity index (χ0n) is 10.2. The molecule has 19 heavy (non-hydrogen) atoms. The molecule has 2 rings (SSSR count). The van der Waals surface area contributed by atoms with Gasteiger partial charge in [-0.15, -0.1) is 24.8 Å². The van der Waals surface area contributed by atoms with Gasteiger partial charge in [-0.1, -0.05) is 12.1 Å². The molecule has 1 saturated carbocycles. The second kappa shape index (κ2) is 6.01. The van der Waals surface area contributed by atoms with E-state index in [1.54, 1.807) is 12.1 Å². The highest BCUT2D eigenvalue weighted by Gasteiger charge is 2.31. The van der Waals surface area contributed by atoms with E-state index in [0.717, 1.165) is 24.9 Å². The first-order chi connectivity index (χ1) is 8.92. The molecule has 1 aliphatic carbocycles. The van der Waals surface area contributed by atoms with Gasteiger partial charge in [0.25, 0.3) is 0 Å². The minimum Gasteiger partial charge on any atom is -0.406 e. The lowest BCUT2D eigenvalue weighted by Gasteiger charge is -2.31. The molecule has 1 aromatic carbocycles. The van der Waals surface area contributed by atoms with Crippen LogP contribution in [-0.2, 0) is 6.54 Å². The van der Waals surface area contributed by atoms with Crippen molar-refractivity contribution in [2.45, 2.75) is 31.1 Å². The first-order valence-corrected chi connectivity index (χ1v) is 6.55. The molecule has 0 atom stereocenters. The fourth-order valence-corrected chi connectivity index (χ4v) is 2.55. The highest BCUT2D eigenvalue weighted by molar-refractivity contribution is 6.21. The summed E-state index contributed by atoms with van der Waals surface area (Å²) in [6.45, 7) is 1.53. The zero-order chi connectivity index (χ0) is 13.9. The van der Waals surface area contributed by atoms with E-state index in [-0.39, 0.29) is 5.75 Å². The third-order valence-corrected chi connectivity index (χ3v) is 3.45. The first kappa shape index (κ1) is 14.5. The standard InChI is InChI=1S/C13H15ClF3NO/c14-11-5-10(6-11)8-18-7-9-1-3-12(4-2-9)19-13(15,16)17/h1-4,10-11,18H,5-8H2. The van der Waals surface area contributed by atoms with Gasteiger partial charge in [-0.2, -0.15) is 0 Å². The molecule has 1 aliphatic rings. The van der Waals surface area contributed by atoms with E-state index >= 15 is 0 Å². The second-order valence-corrected chi connectivity index (χ2v) is 5.37. The molecule has 106 valence electrons. The molecule has 0 aromatic heterocycles. The van der Waals surface area contributed by atoms with Crippen molar-refractivity contribution in [3.8, 4) is 5.75 Å². The Morgan fingerprint density at radius 2 is 1.84 bits per heavy atom. The summed E-state index contributed by atoms with van der Waals surface area (Å²) < 4.78 is 39.7. The van der Waals surface area contributed by atoms with Crippen molar-refractivity contribution < 1.29 is 17.9 Å². The van der Waals surface area contributed by atoms with E-state index in [4.69, 9.17) is 11.6 Å². The van der Waals surface area contributed by atoms with Crippen LogP contribution in [0.25, 0.3) is 0 Å². The van der Waals surface area contributed by atoms with E-state index in [1.807, 2.05) is 0 Å². The van der Waals surface area contributed by atoms with Crippen LogP contribution in [0.15, 0.2) is 24.3 Å². The summed E-state index contributed by atoms with van der Waals surface area (Å²) in [7, 11) is 0. The number of halogens is 4. The summed E-state index contributed by atoms with van der Waals surface area (Å²) >= 11 is 5.88. The molecule has 0 aliphatic heterocycles. The number of ether oxygens (including phenoxy) is 1. The van der Waals surface area contributed by atoms with Gasteiger partial charge in [-0.3, -0.25) is 0 Å². The summed E-state index contributed by atoms with van der Waals surface area (Å²) in [6.07, 6.45) is -2.57. The van der Waals surface area contributed by atoms with E-state index in [0.29, 0.717) is 17.8 Å². The average Bonchev–Trinajstić information content (AvgIpc) is 2.27. The van der Waals surface area contributed by atoms with Crippen LogP contribution in [0, 0.1) is 5.92 Å². The number of alkyl halides is 4. The van der Waals surface area contributed by atoms with E-state index in [9.17, 15) is 13.2 Å².